The Hall–Kier alpha value is -1.80. The predicted molar refractivity (Wildman–Crippen MR) is 62.4 cm³/mol. The fraction of sp³-hybridized carbons (Fsp3) is 0.300. The molecule has 0 amide bonds. The minimum Gasteiger partial charge on any atom is -0.365 e. The normalized spacial score (nSPS) is 11.6. The average Bonchev–Trinajstić information content (AvgIpc) is 2.21. The molecule has 16 heavy (non-hydrogen) atoms. The third kappa shape index (κ3) is 3.11. The van der Waals surface area contributed by atoms with E-state index in [2.05, 4.69) is 16.2 Å². The Morgan fingerprint density at radius 1 is 1.81 bits per heavy atom. The van der Waals surface area contributed by atoms with Crippen molar-refractivity contribution >= 4 is 23.1 Å². The molecule has 0 radical (unpaired) electrons. The molecule has 84 valence electrons. The van der Waals surface area contributed by atoms with E-state index < -0.39 is 4.92 Å². The van der Waals surface area contributed by atoms with E-state index in [1.807, 2.05) is 6.92 Å². The molecular weight excluding hydrogens is 230 g/mol. The summed E-state index contributed by atoms with van der Waals surface area (Å²) in [4.78, 5) is 13.8. The third-order valence-corrected chi connectivity index (χ3v) is 2.13. The van der Waals surface area contributed by atoms with Gasteiger partial charge < -0.3 is 5.32 Å². The molecule has 0 saturated carbocycles. The molecule has 0 aliphatic rings. The van der Waals surface area contributed by atoms with Gasteiger partial charge in [-0.1, -0.05) is 11.6 Å². The van der Waals surface area contributed by atoms with E-state index in [0.29, 0.717) is 12.2 Å². The maximum Gasteiger partial charge on any atom is 0.289 e. The van der Waals surface area contributed by atoms with Crippen molar-refractivity contribution in [2.45, 2.75) is 19.4 Å². The summed E-state index contributed by atoms with van der Waals surface area (Å²) in [5.41, 5.74) is -0.139. The Balaban J connectivity index is 2.84. The van der Waals surface area contributed by atoms with Crippen molar-refractivity contribution in [1.29, 1.82) is 0 Å². The molecule has 5 nitrogen and oxygen atoms in total. The van der Waals surface area contributed by atoms with Crippen LogP contribution in [0.5, 0.6) is 0 Å². The highest BCUT2D eigenvalue weighted by molar-refractivity contribution is 6.33. The minimum absolute atomic E-state index is 0.0106. The van der Waals surface area contributed by atoms with E-state index in [1.165, 1.54) is 6.07 Å². The number of nitrogens with one attached hydrogen (secondary N) is 1. The van der Waals surface area contributed by atoms with Crippen LogP contribution < -0.4 is 5.32 Å². The molecule has 1 rings (SSSR count). The number of terminal acetylenes is 1. The standard InChI is InChI=1S/C10H10ClN3O2/c1-3-4-7(2)13-10-9(11)5-8(6-12-10)14(15)16/h1,5-7H,4H2,2H3,(H,12,13). The minimum atomic E-state index is -0.548. The maximum atomic E-state index is 10.4. The molecule has 0 aliphatic heterocycles. The van der Waals surface area contributed by atoms with Gasteiger partial charge in [-0.2, -0.15) is 0 Å². The second-order valence-electron chi connectivity index (χ2n) is 3.23. The molecule has 0 aromatic carbocycles. The number of aromatic nitrogens is 1. The summed E-state index contributed by atoms with van der Waals surface area (Å²) in [5.74, 6) is 2.89. The van der Waals surface area contributed by atoms with E-state index in [4.69, 9.17) is 18.0 Å². The summed E-state index contributed by atoms with van der Waals surface area (Å²) in [6.45, 7) is 1.87. The van der Waals surface area contributed by atoms with Crippen LogP contribution in [0.3, 0.4) is 0 Å². The number of halogens is 1. The SMILES string of the molecule is C#CCC(C)Nc1ncc([N+](=O)[O-])cc1Cl. The highest BCUT2D eigenvalue weighted by atomic mass is 35.5. The van der Waals surface area contributed by atoms with Gasteiger partial charge >= 0.3 is 0 Å². The number of rotatable bonds is 4. The van der Waals surface area contributed by atoms with Crippen LogP contribution >= 0.6 is 11.6 Å². The lowest BCUT2D eigenvalue weighted by molar-refractivity contribution is -0.385. The summed E-state index contributed by atoms with van der Waals surface area (Å²) in [6.07, 6.45) is 6.82. The van der Waals surface area contributed by atoms with Crippen LogP contribution in [0.25, 0.3) is 0 Å². The Morgan fingerprint density at radius 2 is 2.50 bits per heavy atom. The van der Waals surface area contributed by atoms with Crippen molar-refractivity contribution in [3.63, 3.8) is 0 Å². The van der Waals surface area contributed by atoms with Gasteiger partial charge in [-0.3, -0.25) is 10.1 Å². The van der Waals surface area contributed by atoms with Crippen LogP contribution in [0.4, 0.5) is 11.5 Å². The lowest BCUT2D eigenvalue weighted by Gasteiger charge is -2.12. The zero-order valence-corrected chi connectivity index (χ0v) is 9.36. The number of hydrogen-bond acceptors (Lipinski definition) is 4. The molecule has 1 unspecified atom stereocenters. The zero-order valence-electron chi connectivity index (χ0n) is 8.61. The molecule has 1 aromatic heterocycles. The Morgan fingerprint density at radius 3 is 3.00 bits per heavy atom. The summed E-state index contributed by atoms with van der Waals surface area (Å²) < 4.78 is 0. The monoisotopic (exact) mass is 239 g/mol. The largest absolute Gasteiger partial charge is 0.365 e. The van der Waals surface area contributed by atoms with E-state index in [1.54, 1.807) is 0 Å². The maximum absolute atomic E-state index is 10.4. The average molecular weight is 240 g/mol. The van der Waals surface area contributed by atoms with Crippen molar-refractivity contribution in [1.82, 2.24) is 4.98 Å². The first-order chi connectivity index (χ1) is 7.54. The van der Waals surface area contributed by atoms with Crippen LogP contribution in [0.15, 0.2) is 12.3 Å². The fourth-order valence-electron chi connectivity index (χ4n) is 1.10. The predicted octanol–water partition coefficient (Wildman–Crippen LogP) is 2.47. The van der Waals surface area contributed by atoms with Crippen molar-refractivity contribution in [3.8, 4) is 12.3 Å². The molecule has 0 saturated heterocycles. The fourth-order valence-corrected chi connectivity index (χ4v) is 1.31. The summed E-state index contributed by atoms with van der Waals surface area (Å²) >= 11 is 5.84. The lowest BCUT2D eigenvalue weighted by Crippen LogP contribution is -2.15. The Bertz CT molecular complexity index is 442. The molecule has 0 aliphatic carbocycles. The lowest BCUT2D eigenvalue weighted by atomic mass is 10.2. The molecule has 1 N–H and O–H groups in total. The molecule has 1 atom stereocenters. The highest BCUT2D eigenvalue weighted by Gasteiger charge is 2.11. The van der Waals surface area contributed by atoms with E-state index in [9.17, 15) is 10.1 Å². The summed E-state index contributed by atoms with van der Waals surface area (Å²) in [6, 6.07) is 1.26. The van der Waals surface area contributed by atoms with Crippen molar-refractivity contribution in [2.24, 2.45) is 0 Å². The number of anilines is 1. The van der Waals surface area contributed by atoms with Gasteiger partial charge in [0, 0.05) is 18.5 Å². The van der Waals surface area contributed by atoms with Gasteiger partial charge in [-0.05, 0) is 6.92 Å². The van der Waals surface area contributed by atoms with Gasteiger partial charge in [0.1, 0.15) is 12.0 Å². The second-order valence-corrected chi connectivity index (χ2v) is 3.64. The summed E-state index contributed by atoms with van der Waals surface area (Å²) in [5, 5.41) is 13.6. The van der Waals surface area contributed by atoms with E-state index in [-0.39, 0.29) is 16.8 Å². The molecular formula is C10H10ClN3O2. The number of nitro groups is 1. The third-order valence-electron chi connectivity index (χ3n) is 1.84. The smallest absolute Gasteiger partial charge is 0.289 e. The molecule has 0 bridgehead atoms. The zero-order chi connectivity index (χ0) is 12.1. The topological polar surface area (TPSA) is 68.1 Å². The first kappa shape index (κ1) is 12.3. The Kier molecular flexibility index (Phi) is 4.09. The van der Waals surface area contributed by atoms with Gasteiger partial charge in [0.25, 0.3) is 5.69 Å². The number of hydrogen-bond donors (Lipinski definition) is 1. The van der Waals surface area contributed by atoms with Crippen LogP contribution in [0.2, 0.25) is 5.02 Å². The second kappa shape index (κ2) is 5.33. The first-order valence-electron chi connectivity index (χ1n) is 4.54. The first-order valence-corrected chi connectivity index (χ1v) is 4.92. The van der Waals surface area contributed by atoms with Crippen molar-refractivity contribution in [3.05, 3.63) is 27.4 Å². The quantitative estimate of drug-likeness (QED) is 0.498. The molecule has 0 spiro atoms. The van der Waals surface area contributed by atoms with Crippen molar-refractivity contribution < 1.29 is 4.92 Å². The van der Waals surface area contributed by atoms with Gasteiger partial charge in [0.2, 0.25) is 0 Å². The Labute approximate surface area is 98.0 Å². The van der Waals surface area contributed by atoms with Gasteiger partial charge in [-0.25, -0.2) is 4.98 Å². The molecule has 0 fully saturated rings. The molecule has 6 heteroatoms. The number of pyridine rings is 1. The molecule has 1 aromatic rings. The summed E-state index contributed by atoms with van der Waals surface area (Å²) in [7, 11) is 0. The molecule has 1 heterocycles. The highest BCUT2D eigenvalue weighted by Crippen LogP contribution is 2.24. The van der Waals surface area contributed by atoms with E-state index in [0.717, 1.165) is 6.20 Å². The van der Waals surface area contributed by atoms with Crippen LogP contribution in [0.1, 0.15) is 13.3 Å². The van der Waals surface area contributed by atoms with Crippen molar-refractivity contribution in [2.75, 3.05) is 5.32 Å². The van der Waals surface area contributed by atoms with Crippen LogP contribution in [-0.4, -0.2) is 15.9 Å². The van der Waals surface area contributed by atoms with Crippen LogP contribution in [-0.2, 0) is 0 Å². The van der Waals surface area contributed by atoms with Gasteiger partial charge in [-0.15, -0.1) is 12.3 Å². The van der Waals surface area contributed by atoms with E-state index >= 15 is 0 Å². The number of nitrogens with zero attached hydrogens (tertiary/aromatic N) is 2. The van der Waals surface area contributed by atoms with Gasteiger partial charge in [0.05, 0.1) is 9.95 Å². The van der Waals surface area contributed by atoms with Gasteiger partial charge in [0.15, 0.2) is 0 Å². The van der Waals surface area contributed by atoms with Crippen LogP contribution in [0, 0.1) is 22.5 Å².